The lowest BCUT2D eigenvalue weighted by molar-refractivity contribution is -0.138. The summed E-state index contributed by atoms with van der Waals surface area (Å²) in [4.78, 5) is 34.7. The number of carbonyl (C=O) groups is 2. The molecule has 0 bridgehead atoms. The van der Waals surface area contributed by atoms with E-state index in [0.29, 0.717) is 30.1 Å². The van der Waals surface area contributed by atoms with Crippen molar-refractivity contribution in [2.75, 3.05) is 13.1 Å². The number of pyridine rings is 1. The zero-order valence-electron chi connectivity index (χ0n) is 16.1. The smallest absolute Gasteiger partial charge is 0.278 e. The molecular formula is C22H21N3O3S. The van der Waals surface area contributed by atoms with Crippen LogP contribution in [0.15, 0.2) is 70.5 Å². The van der Waals surface area contributed by atoms with Gasteiger partial charge in [-0.1, -0.05) is 6.07 Å². The fourth-order valence-corrected chi connectivity index (χ4v) is 4.21. The molecular weight excluding hydrogens is 386 g/mol. The minimum Gasteiger partial charge on any atom is -0.467 e. The third-order valence-electron chi connectivity index (χ3n) is 4.92. The molecule has 0 radical (unpaired) electrons. The Morgan fingerprint density at radius 1 is 1.10 bits per heavy atom. The Kier molecular flexibility index (Phi) is 5.57. The van der Waals surface area contributed by atoms with Gasteiger partial charge < -0.3 is 9.32 Å². The summed E-state index contributed by atoms with van der Waals surface area (Å²) in [5.41, 5.74) is 2.09. The zero-order chi connectivity index (χ0) is 20.2. The lowest BCUT2D eigenvalue weighted by Crippen LogP contribution is -2.35. The normalized spacial score (nSPS) is 14.2. The molecule has 148 valence electrons. The number of carbonyl (C=O) groups excluding carboxylic acids is 2. The van der Waals surface area contributed by atoms with Crippen LogP contribution in [0.3, 0.4) is 0 Å². The second-order valence-corrected chi connectivity index (χ2v) is 7.61. The van der Waals surface area contributed by atoms with Crippen molar-refractivity contribution in [1.29, 1.82) is 0 Å². The van der Waals surface area contributed by atoms with Crippen molar-refractivity contribution >= 4 is 28.7 Å². The van der Waals surface area contributed by atoms with Gasteiger partial charge in [0.25, 0.3) is 11.8 Å². The maximum atomic E-state index is 13.3. The molecule has 2 amide bonds. The van der Waals surface area contributed by atoms with Crippen LogP contribution in [0.1, 0.15) is 23.1 Å². The maximum Gasteiger partial charge on any atom is 0.278 e. The first-order chi connectivity index (χ1) is 14.2. The minimum absolute atomic E-state index is 0.130. The molecule has 3 aromatic heterocycles. The molecule has 1 aliphatic heterocycles. The molecule has 0 saturated carbocycles. The highest BCUT2D eigenvalue weighted by atomic mass is 32.1. The van der Waals surface area contributed by atoms with Crippen molar-refractivity contribution < 1.29 is 14.0 Å². The van der Waals surface area contributed by atoms with Gasteiger partial charge >= 0.3 is 0 Å². The number of thiophene rings is 1. The number of imide groups is 1. The number of rotatable bonds is 8. The Morgan fingerprint density at radius 2 is 1.93 bits per heavy atom. The summed E-state index contributed by atoms with van der Waals surface area (Å²) in [5.74, 6) is 0.0379. The van der Waals surface area contributed by atoms with E-state index in [-0.39, 0.29) is 18.4 Å². The van der Waals surface area contributed by atoms with Crippen molar-refractivity contribution in [2.24, 2.45) is 0 Å². The molecule has 29 heavy (non-hydrogen) atoms. The highest BCUT2D eigenvalue weighted by Gasteiger charge is 2.41. The van der Waals surface area contributed by atoms with E-state index in [1.54, 1.807) is 30.8 Å². The number of furan rings is 1. The van der Waals surface area contributed by atoms with Gasteiger partial charge in [0.2, 0.25) is 0 Å². The SMILES string of the molecule is CCN(CCc1ccncc1)C1=C(c2cccs2)C(=O)N(Cc2ccco2)C1=O. The van der Waals surface area contributed by atoms with Crippen molar-refractivity contribution in [3.05, 3.63) is 82.3 Å². The van der Waals surface area contributed by atoms with E-state index in [9.17, 15) is 9.59 Å². The van der Waals surface area contributed by atoms with Crippen LogP contribution in [0.5, 0.6) is 0 Å². The first kappa shape index (κ1) is 19.1. The van der Waals surface area contributed by atoms with E-state index in [2.05, 4.69) is 4.98 Å². The first-order valence-electron chi connectivity index (χ1n) is 9.49. The van der Waals surface area contributed by atoms with Crippen LogP contribution in [0.4, 0.5) is 0 Å². The molecule has 3 aromatic rings. The van der Waals surface area contributed by atoms with Gasteiger partial charge in [-0.3, -0.25) is 19.5 Å². The van der Waals surface area contributed by atoms with Crippen LogP contribution in [0.25, 0.3) is 5.57 Å². The topological polar surface area (TPSA) is 66.7 Å². The van der Waals surface area contributed by atoms with Crippen LogP contribution in [0.2, 0.25) is 0 Å². The average Bonchev–Trinajstić information content (AvgIpc) is 3.49. The highest BCUT2D eigenvalue weighted by Crippen LogP contribution is 2.34. The number of hydrogen-bond acceptors (Lipinski definition) is 6. The molecule has 4 heterocycles. The second kappa shape index (κ2) is 8.45. The Bertz CT molecular complexity index is 1010. The Labute approximate surface area is 173 Å². The number of nitrogens with zero attached hydrogens (tertiary/aromatic N) is 3. The van der Waals surface area contributed by atoms with Crippen LogP contribution >= 0.6 is 11.3 Å². The molecule has 0 aromatic carbocycles. The van der Waals surface area contributed by atoms with Crippen molar-refractivity contribution in [3.63, 3.8) is 0 Å². The lowest BCUT2D eigenvalue weighted by atomic mass is 10.1. The van der Waals surface area contributed by atoms with Crippen LogP contribution < -0.4 is 0 Å². The van der Waals surface area contributed by atoms with E-state index in [0.717, 1.165) is 16.9 Å². The van der Waals surface area contributed by atoms with Crippen LogP contribution in [0, 0.1) is 0 Å². The van der Waals surface area contributed by atoms with Crippen LogP contribution in [-0.2, 0) is 22.6 Å². The van der Waals surface area contributed by atoms with Crippen molar-refractivity contribution in [3.8, 4) is 0 Å². The van der Waals surface area contributed by atoms with Gasteiger partial charge in [-0.25, -0.2) is 0 Å². The van der Waals surface area contributed by atoms with E-state index < -0.39 is 0 Å². The monoisotopic (exact) mass is 407 g/mol. The summed E-state index contributed by atoms with van der Waals surface area (Å²) in [7, 11) is 0. The largest absolute Gasteiger partial charge is 0.467 e. The van der Waals surface area contributed by atoms with Gasteiger partial charge in [0, 0.05) is 30.4 Å². The predicted molar refractivity (Wildman–Crippen MR) is 111 cm³/mol. The molecule has 0 spiro atoms. The van der Waals surface area contributed by atoms with E-state index in [4.69, 9.17) is 4.42 Å². The zero-order valence-corrected chi connectivity index (χ0v) is 16.9. The van der Waals surface area contributed by atoms with Gasteiger partial charge in [-0.05, 0) is 54.6 Å². The second-order valence-electron chi connectivity index (χ2n) is 6.66. The Hall–Kier alpha value is -3.19. The molecule has 0 fully saturated rings. The summed E-state index contributed by atoms with van der Waals surface area (Å²) in [5, 5.41) is 1.92. The summed E-state index contributed by atoms with van der Waals surface area (Å²) in [6.45, 7) is 3.39. The molecule has 7 heteroatoms. The number of hydrogen-bond donors (Lipinski definition) is 0. The van der Waals surface area contributed by atoms with E-state index in [1.165, 1.54) is 16.2 Å². The van der Waals surface area contributed by atoms with E-state index >= 15 is 0 Å². The summed E-state index contributed by atoms with van der Waals surface area (Å²) in [6, 6.07) is 11.2. The summed E-state index contributed by atoms with van der Waals surface area (Å²) in [6.07, 6.45) is 5.83. The number of aromatic nitrogens is 1. The summed E-state index contributed by atoms with van der Waals surface area (Å²) < 4.78 is 5.36. The number of amides is 2. The molecule has 0 aliphatic carbocycles. The number of likely N-dealkylation sites (N-methyl/N-ethyl adjacent to an activating group) is 1. The van der Waals surface area contributed by atoms with Crippen molar-refractivity contribution in [2.45, 2.75) is 19.9 Å². The predicted octanol–water partition coefficient (Wildman–Crippen LogP) is 3.58. The van der Waals surface area contributed by atoms with Gasteiger partial charge in [0.05, 0.1) is 18.4 Å². The minimum atomic E-state index is -0.272. The van der Waals surface area contributed by atoms with Gasteiger partial charge in [0.15, 0.2) is 0 Å². The van der Waals surface area contributed by atoms with Gasteiger partial charge in [-0.2, -0.15) is 0 Å². The molecule has 1 aliphatic rings. The molecule has 4 rings (SSSR count). The highest BCUT2D eigenvalue weighted by molar-refractivity contribution is 7.11. The standard InChI is InChI=1S/C22H21N3O3S/c1-2-24(12-9-16-7-10-23-11-8-16)20-19(18-6-4-14-29-18)21(26)25(22(20)27)15-17-5-3-13-28-17/h3-8,10-11,13-14H,2,9,12,15H2,1H3. The third-order valence-corrected chi connectivity index (χ3v) is 5.81. The maximum absolute atomic E-state index is 13.3. The fourth-order valence-electron chi connectivity index (χ4n) is 3.44. The fraction of sp³-hybridized carbons (Fsp3) is 0.227. The molecule has 0 unspecified atom stereocenters. The van der Waals surface area contributed by atoms with Gasteiger partial charge in [-0.15, -0.1) is 11.3 Å². The lowest BCUT2D eigenvalue weighted by Gasteiger charge is -2.24. The first-order valence-corrected chi connectivity index (χ1v) is 10.4. The molecule has 0 N–H and O–H groups in total. The van der Waals surface area contributed by atoms with E-state index in [1.807, 2.05) is 41.5 Å². The van der Waals surface area contributed by atoms with Gasteiger partial charge in [0.1, 0.15) is 11.5 Å². The average molecular weight is 407 g/mol. The van der Waals surface area contributed by atoms with Crippen molar-refractivity contribution in [1.82, 2.24) is 14.8 Å². The third kappa shape index (κ3) is 3.86. The molecule has 0 saturated heterocycles. The quantitative estimate of drug-likeness (QED) is 0.534. The Morgan fingerprint density at radius 3 is 2.59 bits per heavy atom. The molecule has 6 nitrogen and oxygen atoms in total. The Balaban J connectivity index is 1.65. The molecule has 0 atom stereocenters. The van der Waals surface area contributed by atoms with Crippen LogP contribution in [-0.4, -0.2) is 39.7 Å². The summed E-state index contributed by atoms with van der Waals surface area (Å²) >= 11 is 1.47.